The molecule has 1 aliphatic carbocycles. The third kappa shape index (κ3) is 7.54. The van der Waals surface area contributed by atoms with Gasteiger partial charge in [0, 0.05) is 37.2 Å². The van der Waals surface area contributed by atoms with E-state index in [4.69, 9.17) is 27.9 Å². The summed E-state index contributed by atoms with van der Waals surface area (Å²) in [7, 11) is 0. The molecule has 1 saturated carbocycles. The van der Waals surface area contributed by atoms with Crippen LogP contribution in [0.4, 0.5) is 26.3 Å². The van der Waals surface area contributed by atoms with Gasteiger partial charge in [0.05, 0.1) is 33.7 Å². The Morgan fingerprint density at radius 3 is 1.98 bits per heavy atom. The van der Waals surface area contributed by atoms with Crippen LogP contribution in [-0.2, 0) is 21.9 Å². The Balaban J connectivity index is 1.18. The van der Waals surface area contributed by atoms with Gasteiger partial charge in [-0.2, -0.15) is 26.3 Å². The number of piperidine rings is 2. The molecule has 1 spiro atoms. The normalized spacial score (nSPS) is 27.0. The number of carbonyl (C=O) groups excluding carboxylic acids is 2. The van der Waals surface area contributed by atoms with Gasteiger partial charge < -0.3 is 14.5 Å². The summed E-state index contributed by atoms with van der Waals surface area (Å²) in [6, 6.07) is 6.13. The third-order valence-electron chi connectivity index (χ3n) is 11.2. The van der Waals surface area contributed by atoms with Crippen LogP contribution in [0.25, 0.3) is 0 Å². The van der Waals surface area contributed by atoms with Crippen molar-refractivity contribution in [2.75, 3.05) is 39.4 Å². The summed E-state index contributed by atoms with van der Waals surface area (Å²) in [6.07, 6.45) is -4.11. The van der Waals surface area contributed by atoms with Crippen LogP contribution in [0, 0.1) is 17.3 Å². The van der Waals surface area contributed by atoms with E-state index in [1.807, 2.05) is 4.90 Å². The van der Waals surface area contributed by atoms with Crippen molar-refractivity contribution >= 4 is 34.9 Å². The number of hydrogen-bond donors (Lipinski definition) is 0. The molecule has 6 rings (SSSR count). The van der Waals surface area contributed by atoms with Crippen molar-refractivity contribution in [1.29, 1.82) is 0 Å². The molecule has 3 aliphatic heterocycles. The number of ether oxygens (including phenoxy) is 1. The van der Waals surface area contributed by atoms with E-state index in [9.17, 15) is 35.9 Å². The molecule has 48 heavy (non-hydrogen) atoms. The molecule has 0 radical (unpaired) electrons. The van der Waals surface area contributed by atoms with Crippen molar-refractivity contribution in [2.24, 2.45) is 17.3 Å². The summed E-state index contributed by atoms with van der Waals surface area (Å²) in [5.41, 5.74) is -2.78. The number of alkyl halides is 6. The minimum Gasteiger partial charge on any atom is -0.381 e. The van der Waals surface area contributed by atoms with Gasteiger partial charge >= 0.3 is 12.4 Å². The topological polar surface area (TPSA) is 49.9 Å². The Bertz CT molecular complexity index is 1480. The van der Waals surface area contributed by atoms with Crippen LogP contribution in [0.1, 0.15) is 84.3 Å². The molecule has 1 amide bonds. The number of ketones is 1. The van der Waals surface area contributed by atoms with Crippen molar-refractivity contribution in [3.8, 4) is 0 Å². The maximum absolute atomic E-state index is 13.9. The van der Waals surface area contributed by atoms with Gasteiger partial charge in [-0.15, -0.1) is 0 Å². The Labute approximate surface area is 285 Å². The zero-order valence-corrected chi connectivity index (χ0v) is 27.8. The highest BCUT2D eigenvalue weighted by atomic mass is 35.5. The highest BCUT2D eigenvalue weighted by Crippen LogP contribution is 2.47. The molecule has 3 saturated heterocycles. The number of carbonyl (C=O) groups is 2. The average Bonchev–Trinajstić information content (AvgIpc) is 3.60. The average molecular weight is 720 g/mol. The second kappa shape index (κ2) is 13.8. The first-order chi connectivity index (χ1) is 22.6. The molecule has 4 fully saturated rings. The smallest absolute Gasteiger partial charge is 0.381 e. The number of Topliss-reactive ketones (excluding diaryl/α,β-unsaturated/α-hetero) is 1. The van der Waals surface area contributed by atoms with Gasteiger partial charge in [0.25, 0.3) is 0 Å². The first-order valence-corrected chi connectivity index (χ1v) is 17.3. The van der Waals surface area contributed by atoms with E-state index in [2.05, 4.69) is 4.90 Å². The molecule has 4 aliphatic rings. The van der Waals surface area contributed by atoms with E-state index in [1.165, 1.54) is 0 Å². The van der Waals surface area contributed by atoms with Crippen LogP contribution >= 0.6 is 23.2 Å². The van der Waals surface area contributed by atoms with Crippen LogP contribution in [0.5, 0.6) is 0 Å². The zero-order valence-electron chi connectivity index (χ0n) is 26.3. The van der Waals surface area contributed by atoms with Crippen molar-refractivity contribution in [3.05, 3.63) is 68.7 Å². The van der Waals surface area contributed by atoms with E-state index in [-0.39, 0.29) is 34.4 Å². The highest BCUT2D eigenvalue weighted by Gasteiger charge is 2.45. The predicted octanol–water partition coefficient (Wildman–Crippen LogP) is 8.91. The Kier molecular flexibility index (Phi) is 10.2. The van der Waals surface area contributed by atoms with E-state index in [1.54, 1.807) is 18.2 Å². The molecular weight excluding hydrogens is 681 g/mol. The molecule has 0 bridgehead atoms. The Morgan fingerprint density at radius 2 is 1.42 bits per heavy atom. The van der Waals surface area contributed by atoms with Crippen LogP contribution in [0.3, 0.4) is 0 Å². The summed E-state index contributed by atoms with van der Waals surface area (Å²) >= 11 is 12.5. The molecule has 3 heterocycles. The van der Waals surface area contributed by atoms with Gasteiger partial charge in [-0.1, -0.05) is 29.3 Å². The number of rotatable bonds is 5. The van der Waals surface area contributed by atoms with E-state index in [0.717, 1.165) is 58.3 Å². The molecule has 5 nitrogen and oxygen atoms in total. The van der Waals surface area contributed by atoms with E-state index < -0.39 is 46.7 Å². The summed E-state index contributed by atoms with van der Waals surface area (Å²) in [5.74, 6) is -1.92. The minimum absolute atomic E-state index is 0.0355. The maximum Gasteiger partial charge on any atom is 0.416 e. The lowest BCUT2D eigenvalue weighted by atomic mass is 9.68. The van der Waals surface area contributed by atoms with E-state index >= 15 is 0 Å². The zero-order chi connectivity index (χ0) is 34.4. The Hall–Kier alpha value is -2.34. The summed E-state index contributed by atoms with van der Waals surface area (Å²) < 4.78 is 87.2. The minimum atomic E-state index is -5.06. The number of benzene rings is 2. The monoisotopic (exact) mass is 718 g/mol. The van der Waals surface area contributed by atoms with Crippen LogP contribution in [-0.4, -0.2) is 66.9 Å². The molecule has 4 atom stereocenters. The fourth-order valence-corrected chi connectivity index (χ4v) is 8.58. The van der Waals surface area contributed by atoms with Crippen LogP contribution in [0.15, 0.2) is 36.4 Å². The van der Waals surface area contributed by atoms with Gasteiger partial charge in [-0.25, -0.2) is 0 Å². The fraction of sp³-hybridized carbons (Fsp3) is 0.600. The lowest BCUT2D eigenvalue weighted by Crippen LogP contribution is -2.52. The summed E-state index contributed by atoms with van der Waals surface area (Å²) in [6.45, 7) is 4.30. The summed E-state index contributed by atoms with van der Waals surface area (Å²) in [5, 5.41) is 0.556. The fourth-order valence-electron chi connectivity index (χ4n) is 8.27. The standard InChI is InChI=1S/C35H38Cl2F6N2O3/c36-29-4-1-21(17-30(29)37)28-19-26(2-3-27(28)31(46)23-15-24(34(38,39)40)18-25(16-23)35(41,42)43)44-10-6-33(7-11-44)8-12-45(13-9-33)32(47)22-5-14-48-20-22/h1,4,15-18,22,26-28H,2-3,5-14,19-20H2/t22?,26-,27?,28-/m0/s1. The number of hydrogen-bond acceptors (Lipinski definition) is 4. The molecule has 13 heteroatoms. The van der Waals surface area contributed by atoms with Gasteiger partial charge in [0.15, 0.2) is 5.78 Å². The maximum atomic E-state index is 13.9. The SMILES string of the molecule is O=C(c1cc(C(F)(F)F)cc(C(F)(F)F)c1)C1CC[C@H](N2CCC3(CCN(C(=O)C4CCOC4)CC3)CC2)C[C@H]1c1ccc(Cl)c(Cl)c1. The van der Waals surface area contributed by atoms with Crippen LogP contribution < -0.4 is 0 Å². The van der Waals surface area contributed by atoms with Crippen molar-refractivity contribution in [3.63, 3.8) is 0 Å². The van der Waals surface area contributed by atoms with Crippen molar-refractivity contribution in [1.82, 2.24) is 9.80 Å². The first kappa shape index (κ1) is 35.5. The molecule has 0 N–H and O–H groups in total. The lowest BCUT2D eigenvalue weighted by Gasteiger charge is -2.50. The second-order valence-electron chi connectivity index (χ2n) is 13.9. The number of halogens is 8. The van der Waals surface area contributed by atoms with Crippen molar-refractivity contribution < 1.29 is 40.7 Å². The second-order valence-corrected chi connectivity index (χ2v) is 14.7. The molecular formula is C35H38Cl2F6N2O3. The highest BCUT2D eigenvalue weighted by molar-refractivity contribution is 6.42. The van der Waals surface area contributed by atoms with Crippen LogP contribution in [0.2, 0.25) is 10.0 Å². The number of amides is 1. The molecule has 2 aromatic rings. The molecule has 262 valence electrons. The van der Waals surface area contributed by atoms with Gasteiger partial charge in [-0.3, -0.25) is 9.59 Å². The quantitative estimate of drug-likeness (QED) is 0.229. The molecule has 2 aromatic carbocycles. The molecule has 0 aromatic heterocycles. The van der Waals surface area contributed by atoms with Gasteiger partial charge in [-0.05, 0) is 112 Å². The molecule has 2 unspecified atom stereocenters. The van der Waals surface area contributed by atoms with Crippen molar-refractivity contribution in [2.45, 2.75) is 75.7 Å². The van der Waals surface area contributed by atoms with Gasteiger partial charge in [0.2, 0.25) is 5.91 Å². The van der Waals surface area contributed by atoms with E-state index in [0.29, 0.717) is 55.2 Å². The largest absolute Gasteiger partial charge is 0.416 e. The number of likely N-dealkylation sites (tertiary alicyclic amines) is 2. The third-order valence-corrected chi connectivity index (χ3v) is 11.9. The lowest BCUT2D eigenvalue weighted by molar-refractivity contribution is -0.143. The number of nitrogens with zero attached hydrogens (tertiary/aromatic N) is 2. The summed E-state index contributed by atoms with van der Waals surface area (Å²) in [4.78, 5) is 31.2. The first-order valence-electron chi connectivity index (χ1n) is 16.5. The Morgan fingerprint density at radius 1 is 0.792 bits per heavy atom. The predicted molar refractivity (Wildman–Crippen MR) is 169 cm³/mol. The van der Waals surface area contributed by atoms with Gasteiger partial charge in [0.1, 0.15) is 0 Å².